The monoisotopic (exact) mass is 263 g/mol. The van der Waals surface area contributed by atoms with Gasteiger partial charge in [0.25, 0.3) is 0 Å². The molecule has 0 spiro atoms. The van der Waals surface area contributed by atoms with Gasteiger partial charge in [-0.05, 0) is 30.5 Å². The van der Waals surface area contributed by atoms with Gasteiger partial charge in [-0.15, -0.1) is 11.3 Å². The molecule has 0 aliphatic heterocycles. The van der Waals surface area contributed by atoms with Gasteiger partial charge in [0.1, 0.15) is 6.33 Å². The van der Waals surface area contributed by atoms with Crippen molar-refractivity contribution in [2.45, 2.75) is 19.9 Å². The van der Waals surface area contributed by atoms with E-state index in [4.69, 9.17) is 4.74 Å². The third kappa shape index (κ3) is 2.68. The van der Waals surface area contributed by atoms with Crippen LogP contribution < -0.4 is 10.1 Å². The van der Waals surface area contributed by atoms with Crippen LogP contribution in [0.3, 0.4) is 0 Å². The standard InChI is InChI=1S/C13H17N3OS/c1-4-14-12(13-9(2)5-6-18-13)10-7-11(17-3)16-8-15-10/h5-8,12,14H,4H2,1-3H3. The van der Waals surface area contributed by atoms with Crippen LogP contribution in [0.4, 0.5) is 0 Å². The molecule has 96 valence electrons. The van der Waals surface area contributed by atoms with Crippen LogP contribution in [0.5, 0.6) is 5.88 Å². The van der Waals surface area contributed by atoms with Crippen LogP contribution in [0, 0.1) is 6.92 Å². The maximum atomic E-state index is 5.16. The molecule has 0 radical (unpaired) electrons. The molecule has 1 unspecified atom stereocenters. The van der Waals surface area contributed by atoms with Crippen molar-refractivity contribution >= 4 is 11.3 Å². The molecular formula is C13H17N3OS. The predicted molar refractivity (Wildman–Crippen MR) is 73.2 cm³/mol. The van der Waals surface area contributed by atoms with Crippen molar-refractivity contribution in [3.8, 4) is 5.88 Å². The van der Waals surface area contributed by atoms with Gasteiger partial charge in [-0.1, -0.05) is 6.92 Å². The van der Waals surface area contributed by atoms with E-state index in [1.54, 1.807) is 24.8 Å². The lowest BCUT2D eigenvalue weighted by Crippen LogP contribution is -2.22. The van der Waals surface area contributed by atoms with E-state index in [-0.39, 0.29) is 6.04 Å². The summed E-state index contributed by atoms with van der Waals surface area (Å²) < 4.78 is 5.16. The minimum Gasteiger partial charge on any atom is -0.481 e. The summed E-state index contributed by atoms with van der Waals surface area (Å²) in [6.45, 7) is 5.09. The first kappa shape index (κ1) is 13.0. The third-order valence-corrected chi connectivity index (χ3v) is 3.82. The first-order chi connectivity index (χ1) is 8.76. The van der Waals surface area contributed by atoms with E-state index in [9.17, 15) is 0 Å². The topological polar surface area (TPSA) is 47.0 Å². The molecule has 5 heteroatoms. The number of thiophene rings is 1. The second kappa shape index (κ2) is 5.93. The number of rotatable bonds is 5. The Kier molecular flexibility index (Phi) is 4.28. The van der Waals surface area contributed by atoms with E-state index in [1.807, 2.05) is 6.07 Å². The molecule has 18 heavy (non-hydrogen) atoms. The number of hydrogen-bond acceptors (Lipinski definition) is 5. The lowest BCUT2D eigenvalue weighted by molar-refractivity contribution is 0.395. The lowest BCUT2D eigenvalue weighted by atomic mass is 10.1. The van der Waals surface area contributed by atoms with Crippen molar-refractivity contribution in [2.24, 2.45) is 0 Å². The quantitative estimate of drug-likeness (QED) is 0.900. The summed E-state index contributed by atoms with van der Waals surface area (Å²) in [5, 5.41) is 5.56. The molecule has 0 aliphatic carbocycles. The zero-order valence-electron chi connectivity index (χ0n) is 10.8. The molecular weight excluding hydrogens is 246 g/mol. The Hall–Kier alpha value is -1.46. The summed E-state index contributed by atoms with van der Waals surface area (Å²) in [6.07, 6.45) is 1.54. The van der Waals surface area contributed by atoms with Crippen LogP contribution in [0.15, 0.2) is 23.8 Å². The average Bonchev–Trinajstić information content (AvgIpc) is 2.82. The van der Waals surface area contributed by atoms with Crippen LogP contribution in [-0.2, 0) is 0 Å². The molecule has 2 aromatic rings. The highest BCUT2D eigenvalue weighted by atomic mass is 32.1. The van der Waals surface area contributed by atoms with Gasteiger partial charge in [-0.3, -0.25) is 0 Å². The Morgan fingerprint density at radius 1 is 1.44 bits per heavy atom. The first-order valence-corrected chi connectivity index (χ1v) is 6.77. The van der Waals surface area contributed by atoms with Crippen LogP contribution >= 0.6 is 11.3 Å². The SMILES string of the molecule is CCNC(c1cc(OC)ncn1)c1sccc1C. The molecule has 0 amide bonds. The van der Waals surface area contributed by atoms with Gasteiger partial charge in [0.15, 0.2) is 0 Å². The van der Waals surface area contributed by atoms with Crippen molar-refractivity contribution in [3.05, 3.63) is 40.0 Å². The van der Waals surface area contributed by atoms with Crippen LogP contribution in [0.2, 0.25) is 0 Å². The Morgan fingerprint density at radius 2 is 2.28 bits per heavy atom. The van der Waals surface area contributed by atoms with E-state index in [1.165, 1.54) is 10.4 Å². The van der Waals surface area contributed by atoms with Crippen molar-refractivity contribution in [2.75, 3.05) is 13.7 Å². The van der Waals surface area contributed by atoms with Crippen molar-refractivity contribution in [1.82, 2.24) is 15.3 Å². The number of methoxy groups -OCH3 is 1. The fourth-order valence-corrected chi connectivity index (χ4v) is 2.85. The summed E-state index contributed by atoms with van der Waals surface area (Å²) in [5.74, 6) is 0.595. The molecule has 1 atom stereocenters. The summed E-state index contributed by atoms with van der Waals surface area (Å²) in [6, 6.07) is 4.11. The highest BCUT2D eigenvalue weighted by Crippen LogP contribution is 2.29. The van der Waals surface area contributed by atoms with E-state index in [0.717, 1.165) is 12.2 Å². The minimum absolute atomic E-state index is 0.104. The second-order valence-corrected chi connectivity index (χ2v) is 4.89. The smallest absolute Gasteiger partial charge is 0.216 e. The Morgan fingerprint density at radius 3 is 2.89 bits per heavy atom. The van der Waals surface area contributed by atoms with Crippen LogP contribution in [0.25, 0.3) is 0 Å². The van der Waals surface area contributed by atoms with Gasteiger partial charge < -0.3 is 10.1 Å². The van der Waals surface area contributed by atoms with Crippen LogP contribution in [-0.4, -0.2) is 23.6 Å². The number of aromatic nitrogens is 2. The lowest BCUT2D eigenvalue weighted by Gasteiger charge is -2.17. The first-order valence-electron chi connectivity index (χ1n) is 5.89. The van der Waals surface area contributed by atoms with Crippen molar-refractivity contribution < 1.29 is 4.74 Å². The van der Waals surface area contributed by atoms with Gasteiger partial charge in [-0.25, -0.2) is 9.97 Å². The van der Waals surface area contributed by atoms with E-state index >= 15 is 0 Å². The highest BCUT2D eigenvalue weighted by Gasteiger charge is 2.18. The molecule has 0 bridgehead atoms. The average molecular weight is 263 g/mol. The maximum Gasteiger partial charge on any atom is 0.216 e. The second-order valence-electron chi connectivity index (χ2n) is 3.94. The molecule has 0 aromatic carbocycles. The largest absolute Gasteiger partial charge is 0.481 e. The van der Waals surface area contributed by atoms with Gasteiger partial charge in [0, 0.05) is 10.9 Å². The molecule has 0 aliphatic rings. The minimum atomic E-state index is 0.104. The Bertz CT molecular complexity index is 512. The summed E-state index contributed by atoms with van der Waals surface area (Å²) in [7, 11) is 1.62. The fourth-order valence-electron chi connectivity index (χ4n) is 1.84. The van der Waals surface area contributed by atoms with Gasteiger partial charge in [0.05, 0.1) is 18.8 Å². The Labute approximate surface area is 111 Å². The molecule has 2 rings (SSSR count). The third-order valence-electron chi connectivity index (χ3n) is 2.74. The maximum absolute atomic E-state index is 5.16. The number of ether oxygens (including phenoxy) is 1. The van der Waals surface area contributed by atoms with Crippen molar-refractivity contribution in [3.63, 3.8) is 0 Å². The molecule has 0 saturated carbocycles. The van der Waals surface area contributed by atoms with E-state index < -0.39 is 0 Å². The van der Waals surface area contributed by atoms with Gasteiger partial charge in [-0.2, -0.15) is 0 Å². The Balaban J connectivity index is 2.38. The highest BCUT2D eigenvalue weighted by molar-refractivity contribution is 7.10. The van der Waals surface area contributed by atoms with Gasteiger partial charge >= 0.3 is 0 Å². The molecule has 2 heterocycles. The number of nitrogens with zero attached hydrogens (tertiary/aromatic N) is 2. The number of aryl methyl sites for hydroxylation is 1. The van der Waals surface area contributed by atoms with E-state index in [0.29, 0.717) is 5.88 Å². The molecule has 2 aromatic heterocycles. The summed E-state index contributed by atoms with van der Waals surface area (Å²) in [5.41, 5.74) is 2.22. The van der Waals surface area contributed by atoms with E-state index in [2.05, 4.69) is 40.6 Å². The summed E-state index contributed by atoms with van der Waals surface area (Å²) >= 11 is 1.74. The van der Waals surface area contributed by atoms with Crippen LogP contribution in [0.1, 0.15) is 29.1 Å². The fraction of sp³-hybridized carbons (Fsp3) is 0.385. The number of hydrogen-bond donors (Lipinski definition) is 1. The zero-order chi connectivity index (χ0) is 13.0. The zero-order valence-corrected chi connectivity index (χ0v) is 11.6. The normalized spacial score (nSPS) is 12.4. The number of nitrogens with one attached hydrogen (secondary N) is 1. The molecule has 1 N–H and O–H groups in total. The predicted octanol–water partition coefficient (Wildman–Crippen LogP) is 2.55. The van der Waals surface area contributed by atoms with Gasteiger partial charge in [0.2, 0.25) is 5.88 Å². The molecule has 0 saturated heterocycles. The molecule has 0 fully saturated rings. The molecule has 4 nitrogen and oxygen atoms in total. The summed E-state index contributed by atoms with van der Waals surface area (Å²) in [4.78, 5) is 9.69. The van der Waals surface area contributed by atoms with Crippen molar-refractivity contribution in [1.29, 1.82) is 0 Å².